The summed E-state index contributed by atoms with van der Waals surface area (Å²) >= 11 is 0. The van der Waals surface area contributed by atoms with Crippen molar-refractivity contribution in [1.82, 2.24) is 0 Å². The van der Waals surface area contributed by atoms with Crippen LogP contribution in [-0.4, -0.2) is 18.6 Å². The molecule has 1 aromatic carbocycles. The van der Waals surface area contributed by atoms with Crippen molar-refractivity contribution in [1.29, 1.82) is 0 Å². The smallest absolute Gasteiger partial charge is 0.244 e. The molecule has 1 rings (SSSR count). The van der Waals surface area contributed by atoms with E-state index in [9.17, 15) is 4.79 Å². The van der Waals surface area contributed by atoms with Crippen LogP contribution in [0.1, 0.15) is 32.3 Å². The second-order valence-electron chi connectivity index (χ2n) is 4.75. The SMILES string of the molecule is CCCC(C)(N)C(=O)Nc1ccc(COC)cc1. The maximum atomic E-state index is 12.0. The van der Waals surface area contributed by atoms with Gasteiger partial charge in [-0.3, -0.25) is 4.79 Å². The van der Waals surface area contributed by atoms with E-state index >= 15 is 0 Å². The Morgan fingerprint density at radius 3 is 2.50 bits per heavy atom. The molecule has 0 aliphatic heterocycles. The number of methoxy groups -OCH3 is 1. The molecule has 100 valence electrons. The predicted octanol–water partition coefficient (Wildman–Crippen LogP) is 2.29. The van der Waals surface area contributed by atoms with Crippen LogP contribution in [-0.2, 0) is 16.1 Å². The lowest BCUT2D eigenvalue weighted by Crippen LogP contribution is -2.48. The highest BCUT2D eigenvalue weighted by atomic mass is 16.5. The minimum absolute atomic E-state index is 0.149. The van der Waals surface area contributed by atoms with Gasteiger partial charge in [0.2, 0.25) is 5.91 Å². The normalized spacial score (nSPS) is 14.0. The highest BCUT2D eigenvalue weighted by Gasteiger charge is 2.26. The second kappa shape index (κ2) is 6.52. The Balaban J connectivity index is 2.64. The van der Waals surface area contributed by atoms with Gasteiger partial charge in [-0.2, -0.15) is 0 Å². The summed E-state index contributed by atoms with van der Waals surface area (Å²) in [5, 5.41) is 2.83. The quantitative estimate of drug-likeness (QED) is 0.814. The van der Waals surface area contributed by atoms with Gasteiger partial charge in [-0.05, 0) is 31.0 Å². The first-order chi connectivity index (χ1) is 8.49. The average molecular weight is 250 g/mol. The summed E-state index contributed by atoms with van der Waals surface area (Å²) in [6.07, 6.45) is 1.55. The third-order valence-electron chi connectivity index (χ3n) is 2.81. The van der Waals surface area contributed by atoms with Crippen molar-refractivity contribution < 1.29 is 9.53 Å². The Hall–Kier alpha value is -1.39. The molecule has 4 heteroatoms. The zero-order valence-electron chi connectivity index (χ0n) is 11.3. The maximum absolute atomic E-state index is 12.0. The number of benzene rings is 1. The molecule has 0 aliphatic rings. The second-order valence-corrected chi connectivity index (χ2v) is 4.75. The molecule has 0 saturated heterocycles. The molecule has 4 nitrogen and oxygen atoms in total. The number of nitrogens with two attached hydrogens (primary N) is 1. The monoisotopic (exact) mass is 250 g/mol. The van der Waals surface area contributed by atoms with E-state index in [0.717, 1.165) is 17.7 Å². The Morgan fingerprint density at radius 2 is 2.00 bits per heavy atom. The van der Waals surface area contributed by atoms with Crippen LogP contribution in [0.5, 0.6) is 0 Å². The molecule has 0 radical (unpaired) electrons. The molecule has 1 unspecified atom stereocenters. The van der Waals surface area contributed by atoms with Crippen LogP contribution in [0.25, 0.3) is 0 Å². The summed E-state index contributed by atoms with van der Waals surface area (Å²) in [6, 6.07) is 7.56. The first-order valence-electron chi connectivity index (χ1n) is 6.18. The number of hydrogen-bond acceptors (Lipinski definition) is 3. The summed E-state index contributed by atoms with van der Waals surface area (Å²) in [5.41, 5.74) is 6.97. The average Bonchev–Trinajstić information content (AvgIpc) is 2.32. The van der Waals surface area contributed by atoms with Gasteiger partial charge in [0.15, 0.2) is 0 Å². The third kappa shape index (κ3) is 4.13. The van der Waals surface area contributed by atoms with Crippen molar-refractivity contribution in [3.05, 3.63) is 29.8 Å². The van der Waals surface area contributed by atoms with Gasteiger partial charge >= 0.3 is 0 Å². The van der Waals surface area contributed by atoms with E-state index in [2.05, 4.69) is 5.32 Å². The Bertz CT molecular complexity index is 385. The van der Waals surface area contributed by atoms with Gasteiger partial charge in [-0.15, -0.1) is 0 Å². The molecule has 3 N–H and O–H groups in total. The first kappa shape index (κ1) is 14.7. The van der Waals surface area contributed by atoms with Crippen molar-refractivity contribution in [2.45, 2.75) is 38.8 Å². The lowest BCUT2D eigenvalue weighted by Gasteiger charge is -2.22. The first-order valence-corrected chi connectivity index (χ1v) is 6.18. The molecule has 0 fully saturated rings. The van der Waals surface area contributed by atoms with Crippen molar-refractivity contribution in [2.24, 2.45) is 5.73 Å². The fraction of sp³-hybridized carbons (Fsp3) is 0.500. The number of rotatable bonds is 6. The third-order valence-corrected chi connectivity index (χ3v) is 2.81. The molecular weight excluding hydrogens is 228 g/mol. The molecule has 1 amide bonds. The van der Waals surface area contributed by atoms with Crippen molar-refractivity contribution in [2.75, 3.05) is 12.4 Å². The molecule has 0 spiro atoms. The van der Waals surface area contributed by atoms with Gasteiger partial charge in [-0.25, -0.2) is 0 Å². The highest BCUT2D eigenvalue weighted by molar-refractivity contribution is 5.97. The van der Waals surface area contributed by atoms with E-state index in [1.54, 1.807) is 14.0 Å². The molecule has 18 heavy (non-hydrogen) atoms. The minimum Gasteiger partial charge on any atom is -0.380 e. The number of hydrogen-bond donors (Lipinski definition) is 2. The van der Waals surface area contributed by atoms with Gasteiger partial charge in [0, 0.05) is 12.8 Å². The molecule has 1 aromatic rings. The lowest BCUT2D eigenvalue weighted by molar-refractivity contribution is -0.120. The number of amides is 1. The summed E-state index contributed by atoms with van der Waals surface area (Å²) in [7, 11) is 1.65. The number of ether oxygens (including phenoxy) is 1. The number of carbonyl (C=O) groups excluding carboxylic acids is 1. The van der Waals surface area contributed by atoms with Crippen LogP contribution in [0.2, 0.25) is 0 Å². The summed E-state index contributed by atoms with van der Waals surface area (Å²) in [4.78, 5) is 12.0. The topological polar surface area (TPSA) is 64.4 Å². The fourth-order valence-corrected chi connectivity index (χ4v) is 1.76. The van der Waals surface area contributed by atoms with E-state index in [0.29, 0.717) is 13.0 Å². The van der Waals surface area contributed by atoms with E-state index < -0.39 is 5.54 Å². The molecule has 0 aliphatic carbocycles. The van der Waals surface area contributed by atoms with Gasteiger partial charge in [0.1, 0.15) is 0 Å². The summed E-state index contributed by atoms with van der Waals surface area (Å²) in [6.45, 7) is 4.34. The number of carbonyl (C=O) groups is 1. The largest absolute Gasteiger partial charge is 0.380 e. The Labute approximate surface area is 109 Å². The molecule has 1 atom stereocenters. The van der Waals surface area contributed by atoms with Crippen LogP contribution in [0.15, 0.2) is 24.3 Å². The van der Waals surface area contributed by atoms with Crippen LogP contribution in [0.3, 0.4) is 0 Å². The molecule has 0 bridgehead atoms. The molecule has 0 heterocycles. The summed E-state index contributed by atoms with van der Waals surface area (Å²) in [5.74, 6) is -0.149. The molecule has 0 aromatic heterocycles. The van der Waals surface area contributed by atoms with Gasteiger partial charge in [0.25, 0.3) is 0 Å². The molecular formula is C14H22N2O2. The van der Waals surface area contributed by atoms with Crippen molar-refractivity contribution in [3.63, 3.8) is 0 Å². The van der Waals surface area contributed by atoms with Gasteiger partial charge in [0.05, 0.1) is 12.1 Å². The summed E-state index contributed by atoms with van der Waals surface area (Å²) < 4.78 is 5.03. The van der Waals surface area contributed by atoms with Crippen LogP contribution in [0.4, 0.5) is 5.69 Å². The molecule has 0 saturated carbocycles. The van der Waals surface area contributed by atoms with Crippen LogP contribution < -0.4 is 11.1 Å². The van der Waals surface area contributed by atoms with Gasteiger partial charge in [-0.1, -0.05) is 25.5 Å². The van der Waals surface area contributed by atoms with Crippen LogP contribution in [0, 0.1) is 0 Å². The highest BCUT2D eigenvalue weighted by Crippen LogP contribution is 2.15. The zero-order chi connectivity index (χ0) is 13.6. The number of nitrogens with one attached hydrogen (secondary N) is 1. The Kier molecular flexibility index (Phi) is 5.31. The zero-order valence-corrected chi connectivity index (χ0v) is 11.3. The maximum Gasteiger partial charge on any atom is 0.244 e. The standard InChI is InChI=1S/C14H22N2O2/c1-4-9-14(2,15)13(17)16-12-7-5-11(6-8-12)10-18-3/h5-8H,4,9-10,15H2,1-3H3,(H,16,17). The lowest BCUT2D eigenvalue weighted by atomic mass is 9.96. The van der Waals surface area contributed by atoms with E-state index in [1.165, 1.54) is 0 Å². The number of anilines is 1. The predicted molar refractivity (Wildman–Crippen MR) is 73.3 cm³/mol. The van der Waals surface area contributed by atoms with E-state index in [1.807, 2.05) is 31.2 Å². The van der Waals surface area contributed by atoms with Crippen molar-refractivity contribution in [3.8, 4) is 0 Å². The van der Waals surface area contributed by atoms with E-state index in [4.69, 9.17) is 10.5 Å². The van der Waals surface area contributed by atoms with Crippen molar-refractivity contribution >= 4 is 11.6 Å². The fourth-order valence-electron chi connectivity index (χ4n) is 1.76. The van der Waals surface area contributed by atoms with Gasteiger partial charge < -0.3 is 15.8 Å². The minimum atomic E-state index is -0.819. The van der Waals surface area contributed by atoms with E-state index in [-0.39, 0.29) is 5.91 Å². The Morgan fingerprint density at radius 1 is 1.39 bits per heavy atom. The van der Waals surface area contributed by atoms with Crippen LogP contribution >= 0.6 is 0 Å².